The molecule has 0 bridgehead atoms. The fourth-order valence-electron chi connectivity index (χ4n) is 1.95. The molecular formula is C12H13N3O2. The molecule has 2 aromatic rings. The number of para-hydroxylation sites is 1. The van der Waals surface area contributed by atoms with Gasteiger partial charge in [0.25, 0.3) is 0 Å². The van der Waals surface area contributed by atoms with Gasteiger partial charge in [0, 0.05) is 5.56 Å². The van der Waals surface area contributed by atoms with Crippen molar-refractivity contribution in [1.82, 2.24) is 10.1 Å². The zero-order valence-electron chi connectivity index (χ0n) is 9.46. The lowest BCUT2D eigenvalue weighted by molar-refractivity contribution is 0.329. The molecular weight excluding hydrogens is 218 g/mol. The van der Waals surface area contributed by atoms with Gasteiger partial charge in [-0.25, -0.2) is 0 Å². The van der Waals surface area contributed by atoms with Crippen LogP contribution in [0.2, 0.25) is 0 Å². The second kappa shape index (κ2) is 3.85. The summed E-state index contributed by atoms with van der Waals surface area (Å²) in [4.78, 5) is 4.31. The van der Waals surface area contributed by atoms with Crippen LogP contribution in [0.1, 0.15) is 36.2 Å². The molecule has 1 aromatic carbocycles. The van der Waals surface area contributed by atoms with Gasteiger partial charge in [-0.2, -0.15) is 4.98 Å². The summed E-state index contributed by atoms with van der Waals surface area (Å²) >= 11 is 0. The van der Waals surface area contributed by atoms with E-state index in [4.69, 9.17) is 15.0 Å². The van der Waals surface area contributed by atoms with Gasteiger partial charge in [0.15, 0.2) is 5.82 Å². The lowest BCUT2D eigenvalue weighted by Gasteiger charge is -2.01. The summed E-state index contributed by atoms with van der Waals surface area (Å²) in [7, 11) is 0. The Morgan fingerprint density at radius 1 is 1.41 bits per heavy atom. The van der Waals surface area contributed by atoms with Gasteiger partial charge >= 0.3 is 0 Å². The van der Waals surface area contributed by atoms with Crippen molar-refractivity contribution in [3.63, 3.8) is 0 Å². The van der Waals surface area contributed by atoms with Crippen LogP contribution in [0.15, 0.2) is 28.8 Å². The first-order valence-electron chi connectivity index (χ1n) is 5.56. The summed E-state index contributed by atoms with van der Waals surface area (Å²) in [5, 5.41) is 3.97. The molecule has 2 N–H and O–H groups in total. The Kier molecular flexibility index (Phi) is 2.33. The molecule has 0 spiro atoms. The third kappa shape index (κ3) is 1.68. The molecule has 0 saturated carbocycles. The van der Waals surface area contributed by atoms with Crippen molar-refractivity contribution in [2.75, 3.05) is 6.61 Å². The normalized spacial score (nSPS) is 19.8. The van der Waals surface area contributed by atoms with Crippen LogP contribution in [0, 0.1) is 0 Å². The number of benzene rings is 1. The van der Waals surface area contributed by atoms with E-state index in [9.17, 15) is 0 Å². The van der Waals surface area contributed by atoms with E-state index in [1.54, 1.807) is 0 Å². The Morgan fingerprint density at radius 3 is 3.00 bits per heavy atom. The van der Waals surface area contributed by atoms with Gasteiger partial charge in [0.05, 0.1) is 12.0 Å². The molecule has 3 rings (SSSR count). The largest absolute Gasteiger partial charge is 0.492 e. The monoisotopic (exact) mass is 231 g/mol. The van der Waals surface area contributed by atoms with Crippen molar-refractivity contribution in [1.29, 1.82) is 0 Å². The van der Waals surface area contributed by atoms with E-state index in [0.717, 1.165) is 11.3 Å². The van der Waals surface area contributed by atoms with Crippen molar-refractivity contribution < 1.29 is 9.26 Å². The molecule has 2 unspecified atom stereocenters. The summed E-state index contributed by atoms with van der Waals surface area (Å²) in [6.45, 7) is 2.37. The molecule has 1 aliphatic heterocycles. The van der Waals surface area contributed by atoms with Gasteiger partial charge in [-0.15, -0.1) is 0 Å². The van der Waals surface area contributed by atoms with Gasteiger partial charge in [-0.05, 0) is 13.0 Å². The minimum Gasteiger partial charge on any atom is -0.492 e. The lowest BCUT2D eigenvalue weighted by Crippen LogP contribution is -2.07. The molecule has 2 atom stereocenters. The quantitative estimate of drug-likeness (QED) is 0.850. The predicted octanol–water partition coefficient (Wildman–Crippen LogP) is 1.61. The van der Waals surface area contributed by atoms with E-state index in [-0.39, 0.29) is 12.0 Å². The number of nitrogens with two attached hydrogens (primary N) is 1. The van der Waals surface area contributed by atoms with Crippen LogP contribution >= 0.6 is 0 Å². The number of rotatable bonds is 2. The molecule has 0 saturated heterocycles. The van der Waals surface area contributed by atoms with E-state index < -0.39 is 0 Å². The molecule has 17 heavy (non-hydrogen) atoms. The molecule has 5 heteroatoms. The molecule has 0 aliphatic carbocycles. The van der Waals surface area contributed by atoms with E-state index >= 15 is 0 Å². The lowest BCUT2D eigenvalue weighted by atomic mass is 10.0. The summed E-state index contributed by atoms with van der Waals surface area (Å²) in [6.07, 6.45) is 0. The fourth-order valence-corrected chi connectivity index (χ4v) is 1.95. The highest BCUT2D eigenvalue weighted by molar-refractivity contribution is 5.42. The van der Waals surface area contributed by atoms with Crippen molar-refractivity contribution in [2.45, 2.75) is 18.9 Å². The molecule has 1 aliphatic rings. The van der Waals surface area contributed by atoms with Gasteiger partial charge < -0.3 is 15.0 Å². The van der Waals surface area contributed by atoms with Crippen LogP contribution in [0.3, 0.4) is 0 Å². The fraction of sp³-hybridized carbons (Fsp3) is 0.333. The number of hydrogen-bond acceptors (Lipinski definition) is 5. The third-order valence-corrected chi connectivity index (χ3v) is 2.86. The van der Waals surface area contributed by atoms with Crippen molar-refractivity contribution in [2.24, 2.45) is 5.73 Å². The number of ether oxygens (including phenoxy) is 1. The van der Waals surface area contributed by atoms with Gasteiger partial charge in [-0.3, -0.25) is 0 Å². The Hall–Kier alpha value is -1.88. The highest BCUT2D eigenvalue weighted by Gasteiger charge is 2.29. The van der Waals surface area contributed by atoms with Gasteiger partial charge in [0.2, 0.25) is 5.89 Å². The second-order valence-electron chi connectivity index (χ2n) is 4.18. The minimum atomic E-state index is -0.242. The topological polar surface area (TPSA) is 74.2 Å². The minimum absolute atomic E-state index is 0.0439. The summed E-state index contributed by atoms with van der Waals surface area (Å²) in [6, 6.07) is 7.66. The SMILES string of the molecule is CC(N)c1nc(C2COc3ccccc32)no1. The van der Waals surface area contributed by atoms with E-state index in [1.807, 2.05) is 31.2 Å². The standard InChI is InChI=1S/C12H13N3O2/c1-7(13)12-14-11(15-17-12)9-6-16-10-5-3-2-4-8(9)10/h2-5,7,9H,6,13H2,1H3. The maximum Gasteiger partial charge on any atom is 0.243 e. The Labute approximate surface area is 98.6 Å². The number of fused-ring (bicyclic) bond motifs is 1. The van der Waals surface area contributed by atoms with Crippen LogP contribution in [0.25, 0.3) is 0 Å². The Balaban J connectivity index is 1.95. The number of nitrogens with zero attached hydrogens (tertiary/aromatic N) is 2. The van der Waals surface area contributed by atoms with Crippen LogP contribution in [0.5, 0.6) is 5.75 Å². The maximum atomic E-state index is 5.69. The highest BCUT2D eigenvalue weighted by Crippen LogP contribution is 2.36. The summed E-state index contributed by atoms with van der Waals surface area (Å²) < 4.78 is 10.7. The average Bonchev–Trinajstić information content (AvgIpc) is 2.95. The first kappa shape index (κ1) is 10.3. The molecule has 2 heterocycles. The molecule has 0 radical (unpaired) electrons. The number of hydrogen-bond donors (Lipinski definition) is 1. The van der Waals surface area contributed by atoms with Crippen LogP contribution in [0.4, 0.5) is 0 Å². The molecule has 88 valence electrons. The van der Waals surface area contributed by atoms with Crippen molar-refractivity contribution in [3.05, 3.63) is 41.5 Å². The number of aromatic nitrogens is 2. The van der Waals surface area contributed by atoms with Crippen molar-refractivity contribution >= 4 is 0 Å². The molecule has 5 nitrogen and oxygen atoms in total. The van der Waals surface area contributed by atoms with E-state index in [1.165, 1.54) is 0 Å². The summed E-state index contributed by atoms with van der Waals surface area (Å²) in [5.41, 5.74) is 6.79. The third-order valence-electron chi connectivity index (χ3n) is 2.86. The Bertz CT molecular complexity index is 536. The summed E-state index contributed by atoms with van der Waals surface area (Å²) in [5.74, 6) is 2.04. The first-order chi connectivity index (χ1) is 8.25. The average molecular weight is 231 g/mol. The van der Waals surface area contributed by atoms with Crippen molar-refractivity contribution in [3.8, 4) is 5.75 Å². The van der Waals surface area contributed by atoms with Crippen LogP contribution < -0.4 is 10.5 Å². The van der Waals surface area contributed by atoms with Gasteiger partial charge in [-0.1, -0.05) is 23.4 Å². The zero-order chi connectivity index (χ0) is 11.8. The molecule has 0 fully saturated rings. The van der Waals surface area contributed by atoms with Crippen LogP contribution in [-0.4, -0.2) is 16.7 Å². The maximum absolute atomic E-state index is 5.69. The van der Waals surface area contributed by atoms with E-state index in [2.05, 4.69) is 10.1 Å². The molecule has 1 aromatic heterocycles. The van der Waals surface area contributed by atoms with E-state index in [0.29, 0.717) is 18.3 Å². The predicted molar refractivity (Wildman–Crippen MR) is 60.7 cm³/mol. The Morgan fingerprint density at radius 2 is 2.24 bits per heavy atom. The molecule has 0 amide bonds. The zero-order valence-corrected chi connectivity index (χ0v) is 9.46. The van der Waals surface area contributed by atoms with Crippen LogP contribution in [-0.2, 0) is 0 Å². The first-order valence-corrected chi connectivity index (χ1v) is 5.56. The highest BCUT2D eigenvalue weighted by atomic mass is 16.5. The second-order valence-corrected chi connectivity index (χ2v) is 4.18. The van der Waals surface area contributed by atoms with Gasteiger partial charge in [0.1, 0.15) is 12.4 Å². The smallest absolute Gasteiger partial charge is 0.243 e.